The SMILES string of the molecule is Cc1c[n+](C)c(-c2c(C)ccc3c2Cc2c(C)cccc2-3)cc1CC(C)(C)C.Cc1cc(C)c(-c2cc(CC(C)(C)C)c(-c3ccccc3)c[n+]2C)c2c1-c1ccccc1C2.Cc1ccc2c(c1-c1cc(CC(C)(C)C)c(-c3ccccc3)c[n+]1C)Cc1ccccc1-2.Cc1cccc2c1-c1ccc(C)c(-c3cc(CC(C)(C)C)c(-c4ccccc4)c[n+]3C)c1C2. The summed E-state index contributed by atoms with van der Waals surface area (Å²) in [6.07, 6.45) is 17.6. The summed E-state index contributed by atoms with van der Waals surface area (Å²) in [4.78, 5) is 0. The van der Waals surface area contributed by atoms with E-state index >= 15 is 0 Å². The van der Waals surface area contributed by atoms with Gasteiger partial charge in [0.1, 0.15) is 28.2 Å². The fourth-order valence-electron chi connectivity index (χ4n) is 21.1. The van der Waals surface area contributed by atoms with E-state index in [0.29, 0.717) is 0 Å². The monoisotopic (exact) mass is 1650 g/mol. The molecular weight excluding hydrogens is 1520 g/mol. The number of benzene rings is 11. The third kappa shape index (κ3) is 18.0. The maximum absolute atomic E-state index is 2.47. The zero-order valence-electron chi connectivity index (χ0n) is 79.8. The predicted molar refractivity (Wildman–Crippen MR) is 532 cm³/mol. The van der Waals surface area contributed by atoms with E-state index in [4.69, 9.17) is 0 Å². The van der Waals surface area contributed by atoms with E-state index in [-0.39, 0.29) is 21.7 Å². The number of aryl methyl sites for hydroxylation is 12. The summed E-state index contributed by atoms with van der Waals surface area (Å²) in [6.45, 7) is 46.0. The zero-order valence-corrected chi connectivity index (χ0v) is 79.8. The molecule has 0 unspecified atom stereocenters. The Hall–Kier alpha value is -12.0. The van der Waals surface area contributed by atoms with Crippen LogP contribution < -0.4 is 18.3 Å². The second kappa shape index (κ2) is 34.8. The van der Waals surface area contributed by atoms with Gasteiger partial charge in [-0.2, -0.15) is 0 Å². The second-order valence-electron chi connectivity index (χ2n) is 42.0. The molecule has 0 amide bonds. The standard InChI is InChI=1S/2C32H34N.C31H32N.C27H32N/c1-21-11-10-14-24-17-27-26(30(21)24)16-15-22(2)31(27)29-18-25(19-32(3,4)5)28(20-33(29)6)23-12-8-7-9-13-23;1-21-16-22(2)31(27-17-24-14-10-11-15-26(24)30(21)27)29-18-25(19-32(3,4)5)28(20-33(29)6)23-12-8-7-9-13-23;1-21-15-16-26-25-14-10-9-13-23(25)17-27(26)30(21)29-18-24(19-31(2,3)4)28(20-32(29)5)22-11-7-6-8-12-22;1-17-9-8-10-21-22-12-11-18(2)26(24(22)14-23(17)21)25-13-20(15-27(4,5)6)19(3)16-28(25)7/h2*7-16,18,20H,17,19H2,1-6H3;6-16,18,20H,17,19H2,1-5H3;8-13,16H,14-15H2,1-7H3/q4*+1. The zero-order chi connectivity index (χ0) is 89.3. The quantitative estimate of drug-likeness (QED) is 0.115. The Morgan fingerprint density at radius 3 is 0.984 bits per heavy atom. The summed E-state index contributed by atoms with van der Waals surface area (Å²) in [6, 6.07) is 89.8. The van der Waals surface area contributed by atoms with Gasteiger partial charge in [-0.05, 0) is 295 Å². The Labute approximate surface area is 754 Å². The van der Waals surface area contributed by atoms with Crippen molar-refractivity contribution in [2.24, 2.45) is 49.9 Å². The highest BCUT2D eigenvalue weighted by molar-refractivity contribution is 5.91. The largest absolute Gasteiger partial charge is 0.213 e. The molecule has 636 valence electrons. The van der Waals surface area contributed by atoms with Crippen molar-refractivity contribution in [3.63, 3.8) is 0 Å². The van der Waals surface area contributed by atoms with Crippen LogP contribution in [0.1, 0.15) is 194 Å². The molecule has 0 saturated carbocycles. The summed E-state index contributed by atoms with van der Waals surface area (Å²) in [5.41, 5.74) is 59.5. The number of fused-ring (bicyclic) bond motifs is 12. The number of pyridine rings is 4. The van der Waals surface area contributed by atoms with Gasteiger partial charge in [0.05, 0.1) is 22.3 Å². The minimum Gasteiger partial charge on any atom is -0.201 e. The van der Waals surface area contributed by atoms with Crippen LogP contribution in [0.5, 0.6) is 0 Å². The number of aromatic nitrogens is 4. The number of nitrogens with zero attached hydrogens (tertiary/aromatic N) is 4. The molecule has 4 aliphatic carbocycles. The summed E-state index contributed by atoms with van der Waals surface area (Å²) in [7, 11) is 8.80. The molecule has 4 nitrogen and oxygen atoms in total. The Bertz CT molecular complexity index is 6720. The minimum atomic E-state index is 0.210. The molecule has 0 radical (unpaired) electrons. The van der Waals surface area contributed by atoms with Crippen LogP contribution in [0.4, 0.5) is 0 Å². The van der Waals surface area contributed by atoms with Gasteiger partial charge in [-0.3, -0.25) is 0 Å². The smallest absolute Gasteiger partial charge is 0.201 e. The highest BCUT2D eigenvalue weighted by atomic mass is 14.9. The molecule has 0 spiro atoms. The van der Waals surface area contributed by atoms with Crippen molar-refractivity contribution in [3.05, 3.63) is 379 Å². The van der Waals surface area contributed by atoms with E-state index in [9.17, 15) is 0 Å². The van der Waals surface area contributed by atoms with Gasteiger partial charge in [-0.15, -0.1) is 0 Å². The predicted octanol–water partition coefficient (Wildman–Crippen LogP) is 28.8. The van der Waals surface area contributed by atoms with Gasteiger partial charge in [0, 0.05) is 46.5 Å². The lowest BCUT2D eigenvalue weighted by Gasteiger charge is -2.21. The average molecular weight is 1650 g/mol. The molecule has 11 aromatic carbocycles. The third-order valence-electron chi connectivity index (χ3n) is 26.6. The number of hydrogen-bond acceptors (Lipinski definition) is 0. The molecule has 126 heavy (non-hydrogen) atoms. The van der Waals surface area contributed by atoms with Gasteiger partial charge in [0.25, 0.3) is 0 Å². The highest BCUT2D eigenvalue weighted by Gasteiger charge is 2.36. The van der Waals surface area contributed by atoms with Gasteiger partial charge < -0.3 is 0 Å². The first kappa shape index (κ1) is 87.5. The van der Waals surface area contributed by atoms with Gasteiger partial charge in [-0.1, -0.05) is 301 Å². The lowest BCUT2D eigenvalue weighted by atomic mass is 9.84. The molecule has 4 heterocycles. The number of rotatable bonds is 11. The molecule has 0 bridgehead atoms. The molecule has 15 aromatic rings. The number of hydrogen-bond donors (Lipinski definition) is 0. The first-order valence-corrected chi connectivity index (χ1v) is 46.0. The van der Waals surface area contributed by atoms with Crippen LogP contribution in [0.3, 0.4) is 0 Å². The van der Waals surface area contributed by atoms with E-state index in [0.717, 1.165) is 51.4 Å². The van der Waals surface area contributed by atoms with Crippen LogP contribution in [0.2, 0.25) is 0 Å². The van der Waals surface area contributed by atoms with Crippen LogP contribution in [0.15, 0.2) is 267 Å². The van der Waals surface area contributed by atoms with E-state index < -0.39 is 0 Å². The van der Waals surface area contributed by atoms with Gasteiger partial charge in [0.2, 0.25) is 22.8 Å². The summed E-state index contributed by atoms with van der Waals surface area (Å²) >= 11 is 0. The van der Waals surface area contributed by atoms with Crippen LogP contribution in [-0.4, -0.2) is 0 Å². The maximum atomic E-state index is 2.47. The molecule has 0 N–H and O–H groups in total. The molecule has 0 atom stereocenters. The first-order chi connectivity index (χ1) is 59.9. The van der Waals surface area contributed by atoms with Crippen molar-refractivity contribution >= 4 is 0 Å². The van der Waals surface area contributed by atoms with Crippen LogP contribution in [0.25, 0.3) is 123 Å². The lowest BCUT2D eigenvalue weighted by molar-refractivity contribution is -0.660. The molecule has 0 aliphatic heterocycles. The fourth-order valence-corrected chi connectivity index (χ4v) is 21.1. The van der Waals surface area contributed by atoms with Crippen molar-refractivity contribution in [2.45, 2.75) is 190 Å². The molecule has 0 fully saturated rings. The topological polar surface area (TPSA) is 15.5 Å². The maximum Gasteiger partial charge on any atom is 0.213 e. The first-order valence-electron chi connectivity index (χ1n) is 46.0. The highest BCUT2D eigenvalue weighted by Crippen LogP contribution is 2.50. The second-order valence-corrected chi connectivity index (χ2v) is 42.0. The van der Waals surface area contributed by atoms with Crippen LogP contribution in [0, 0.1) is 77.0 Å². The Morgan fingerprint density at radius 1 is 0.206 bits per heavy atom. The molecule has 4 heteroatoms. The van der Waals surface area contributed by atoms with E-state index in [1.807, 2.05) is 0 Å². The van der Waals surface area contributed by atoms with Gasteiger partial charge in [0.15, 0.2) is 24.8 Å². The lowest BCUT2D eigenvalue weighted by Crippen LogP contribution is -2.32. The normalized spacial score (nSPS) is 12.6. The van der Waals surface area contributed by atoms with Gasteiger partial charge >= 0.3 is 0 Å². The minimum absolute atomic E-state index is 0.210. The van der Waals surface area contributed by atoms with Crippen LogP contribution in [-0.2, 0) is 79.6 Å². The van der Waals surface area contributed by atoms with Crippen molar-refractivity contribution in [2.75, 3.05) is 0 Å². The summed E-state index contributed by atoms with van der Waals surface area (Å²) in [5, 5.41) is 0. The van der Waals surface area contributed by atoms with E-state index in [1.54, 1.807) is 0 Å². The van der Waals surface area contributed by atoms with Crippen molar-refractivity contribution < 1.29 is 18.3 Å². The van der Waals surface area contributed by atoms with Gasteiger partial charge in [-0.25, -0.2) is 18.3 Å². The van der Waals surface area contributed by atoms with E-state index in [2.05, 4.69) is 452 Å². The van der Waals surface area contributed by atoms with Crippen molar-refractivity contribution in [3.8, 4) is 123 Å². The molecular formula is C122H132N4+4. The van der Waals surface area contributed by atoms with Crippen molar-refractivity contribution in [1.82, 2.24) is 0 Å². The fraction of sp³-hybridized carbons (Fsp3) is 0.295. The average Bonchev–Trinajstić information content (AvgIpc) is 1.58. The molecule has 0 saturated heterocycles. The summed E-state index contributed by atoms with van der Waals surface area (Å²) in [5.74, 6) is 0. The molecule has 19 rings (SSSR count). The Balaban J connectivity index is 0.000000124. The summed E-state index contributed by atoms with van der Waals surface area (Å²) < 4.78 is 9.34. The third-order valence-corrected chi connectivity index (χ3v) is 26.6. The Morgan fingerprint density at radius 2 is 0.516 bits per heavy atom. The van der Waals surface area contributed by atoms with Crippen LogP contribution >= 0.6 is 0 Å². The molecule has 4 aliphatic rings. The van der Waals surface area contributed by atoms with E-state index in [1.165, 1.54) is 234 Å². The Kier molecular flexibility index (Phi) is 24.1. The van der Waals surface area contributed by atoms with Crippen molar-refractivity contribution in [1.29, 1.82) is 0 Å². The molecule has 4 aromatic heterocycles.